The van der Waals surface area contributed by atoms with Crippen LogP contribution < -0.4 is 10.9 Å². The van der Waals surface area contributed by atoms with E-state index >= 15 is 0 Å². The van der Waals surface area contributed by atoms with Crippen molar-refractivity contribution in [1.82, 2.24) is 0 Å². The third-order valence-corrected chi connectivity index (χ3v) is 12.3. The average Bonchev–Trinajstić information content (AvgIpc) is 3.38. The first kappa shape index (κ1) is 41.3. The Hall–Kier alpha value is -9.40. The zero-order chi connectivity index (χ0) is 46.5. The van der Waals surface area contributed by atoms with Crippen LogP contribution in [-0.4, -0.2) is 21.8 Å². The second-order valence-electron chi connectivity index (χ2n) is 16.4. The van der Waals surface area contributed by atoms with Crippen LogP contribution in [0.4, 0.5) is 0 Å². The van der Waals surface area contributed by atoms with Gasteiger partial charge in [-0.2, -0.15) is 0 Å². The van der Waals surface area contributed by atoms with E-state index in [4.69, 9.17) is 8.83 Å². The number of aromatic hydroxyl groups is 2. The van der Waals surface area contributed by atoms with Crippen LogP contribution in [-0.2, 0) is 0 Å². The van der Waals surface area contributed by atoms with Gasteiger partial charge in [0.25, 0.3) is 0 Å². The maximum Gasteiger partial charge on any atom is 0.200 e. The molecule has 12 aromatic rings. The first-order valence-corrected chi connectivity index (χ1v) is 21.8. The van der Waals surface area contributed by atoms with Gasteiger partial charge in [0, 0.05) is 22.3 Å². The molecule has 0 aliphatic rings. The summed E-state index contributed by atoms with van der Waals surface area (Å²) in [5, 5.41) is 26.1. The number of carbonyl (C=O) groups is 2. The number of benzene rings is 10. The minimum absolute atomic E-state index is 0.107. The number of carbonyl (C=O) groups excluding carboxylic acids is 2. The molecule has 68 heavy (non-hydrogen) atoms. The summed E-state index contributed by atoms with van der Waals surface area (Å²) >= 11 is 0. The highest BCUT2D eigenvalue weighted by Crippen LogP contribution is 2.38. The fourth-order valence-electron chi connectivity index (χ4n) is 9.04. The standard InChI is InChI=1S/2C30H18O4/c2*31-26-14-5-3-11-22(26)28(32)19-16-24(21-13-7-9-18-8-1-2-10-20(18)21)30-25(17-19)29(33)23-12-4-6-15-27(23)34-30/h2*1-17,31H. The van der Waals surface area contributed by atoms with Gasteiger partial charge < -0.3 is 19.0 Å². The van der Waals surface area contributed by atoms with E-state index in [9.17, 15) is 29.4 Å². The highest BCUT2D eigenvalue weighted by Gasteiger charge is 2.23. The third-order valence-electron chi connectivity index (χ3n) is 12.3. The van der Waals surface area contributed by atoms with E-state index in [1.54, 1.807) is 97.1 Å². The number of rotatable bonds is 6. The Morgan fingerprint density at radius 2 is 0.691 bits per heavy atom. The van der Waals surface area contributed by atoms with Crippen LogP contribution in [0.1, 0.15) is 31.8 Å². The van der Waals surface area contributed by atoms with Gasteiger partial charge in [-0.05, 0) is 105 Å². The summed E-state index contributed by atoms with van der Waals surface area (Å²) in [6, 6.07) is 61.4. The summed E-state index contributed by atoms with van der Waals surface area (Å²) in [4.78, 5) is 53.9. The summed E-state index contributed by atoms with van der Waals surface area (Å²) < 4.78 is 12.5. The number of hydrogen-bond donors (Lipinski definition) is 2. The second-order valence-corrected chi connectivity index (χ2v) is 16.4. The van der Waals surface area contributed by atoms with E-state index in [2.05, 4.69) is 0 Å². The van der Waals surface area contributed by atoms with Gasteiger partial charge in [0.15, 0.2) is 11.6 Å². The highest BCUT2D eigenvalue weighted by atomic mass is 16.3. The molecule has 0 aliphatic heterocycles. The first-order chi connectivity index (χ1) is 33.2. The average molecular weight is 885 g/mol. The van der Waals surface area contributed by atoms with Gasteiger partial charge in [0.2, 0.25) is 10.9 Å². The molecule has 8 heteroatoms. The maximum absolute atomic E-state index is 13.5. The lowest BCUT2D eigenvalue weighted by Crippen LogP contribution is -2.07. The molecule has 0 fully saturated rings. The molecule has 0 amide bonds. The van der Waals surface area contributed by atoms with Crippen molar-refractivity contribution >= 4 is 77.0 Å². The van der Waals surface area contributed by atoms with Crippen LogP contribution in [0.3, 0.4) is 0 Å². The summed E-state index contributed by atoms with van der Waals surface area (Å²) in [7, 11) is 0. The van der Waals surface area contributed by atoms with Crippen molar-refractivity contribution in [2.75, 3.05) is 0 Å². The van der Waals surface area contributed by atoms with Gasteiger partial charge in [-0.3, -0.25) is 19.2 Å². The van der Waals surface area contributed by atoms with E-state index in [1.807, 2.05) is 97.1 Å². The van der Waals surface area contributed by atoms with E-state index in [-0.39, 0.29) is 45.0 Å². The second kappa shape index (κ2) is 16.9. The zero-order valence-corrected chi connectivity index (χ0v) is 36.0. The smallest absolute Gasteiger partial charge is 0.200 e. The van der Waals surface area contributed by atoms with Crippen molar-refractivity contribution in [1.29, 1.82) is 0 Å². The summed E-state index contributed by atoms with van der Waals surface area (Å²) in [5.41, 5.74) is 5.39. The van der Waals surface area contributed by atoms with Crippen molar-refractivity contribution < 1.29 is 28.6 Å². The summed E-state index contributed by atoms with van der Waals surface area (Å²) in [5.74, 6) is -0.946. The molecule has 0 saturated carbocycles. The molecule has 0 radical (unpaired) electrons. The Morgan fingerprint density at radius 1 is 0.338 bits per heavy atom. The molecule has 2 heterocycles. The Labute approximate surface area is 386 Å². The van der Waals surface area contributed by atoms with Crippen LogP contribution in [0.2, 0.25) is 0 Å². The lowest BCUT2D eigenvalue weighted by Gasteiger charge is -2.13. The third kappa shape index (κ3) is 7.13. The van der Waals surface area contributed by atoms with Crippen LogP contribution in [0, 0.1) is 0 Å². The fraction of sp³-hybridized carbons (Fsp3) is 0. The molecular weight excluding hydrogens is 849 g/mol. The van der Waals surface area contributed by atoms with Gasteiger partial charge in [0.05, 0.1) is 32.7 Å². The fourth-order valence-corrected chi connectivity index (χ4v) is 9.04. The normalized spacial score (nSPS) is 11.3. The van der Waals surface area contributed by atoms with Crippen LogP contribution in [0.5, 0.6) is 11.5 Å². The van der Waals surface area contributed by atoms with Crippen LogP contribution >= 0.6 is 0 Å². The number of fused-ring (bicyclic) bond motifs is 6. The van der Waals surface area contributed by atoms with Crippen molar-refractivity contribution in [3.8, 4) is 33.8 Å². The highest BCUT2D eigenvalue weighted by molar-refractivity contribution is 6.16. The number of phenols is 2. The van der Waals surface area contributed by atoms with E-state index in [0.717, 1.165) is 32.7 Å². The molecule has 324 valence electrons. The summed E-state index contributed by atoms with van der Waals surface area (Å²) in [6.45, 7) is 0. The molecule has 0 aliphatic carbocycles. The quantitative estimate of drug-likeness (QED) is 0.124. The lowest BCUT2D eigenvalue weighted by atomic mass is 9.92. The van der Waals surface area contributed by atoms with E-state index < -0.39 is 0 Å². The topological polar surface area (TPSA) is 135 Å². The molecule has 10 aromatic carbocycles. The monoisotopic (exact) mass is 884 g/mol. The van der Waals surface area contributed by atoms with Crippen molar-refractivity contribution in [3.63, 3.8) is 0 Å². The number of phenolic OH excluding ortho intramolecular Hbond substituents is 2. The minimum atomic E-state index is -0.367. The first-order valence-electron chi connectivity index (χ1n) is 21.8. The van der Waals surface area contributed by atoms with Gasteiger partial charge in [-0.25, -0.2) is 0 Å². The Bertz CT molecular complexity index is 3880. The Kier molecular flexibility index (Phi) is 10.2. The Balaban J connectivity index is 0.000000149. The molecule has 2 N–H and O–H groups in total. The predicted molar refractivity (Wildman–Crippen MR) is 269 cm³/mol. The van der Waals surface area contributed by atoms with Crippen LogP contribution in [0.15, 0.2) is 225 Å². The van der Waals surface area contributed by atoms with Gasteiger partial charge in [0.1, 0.15) is 33.8 Å². The molecule has 8 nitrogen and oxygen atoms in total. The molecule has 0 atom stereocenters. The van der Waals surface area contributed by atoms with Crippen molar-refractivity contribution in [2.45, 2.75) is 0 Å². The molecular formula is C60H36O8. The number of ketones is 2. The maximum atomic E-state index is 13.5. The predicted octanol–water partition coefficient (Wildman–Crippen LogP) is 13.4. The van der Waals surface area contributed by atoms with E-state index in [0.29, 0.717) is 66.1 Å². The summed E-state index contributed by atoms with van der Waals surface area (Å²) in [6.07, 6.45) is 0. The Morgan fingerprint density at radius 3 is 1.12 bits per heavy atom. The van der Waals surface area contributed by atoms with Gasteiger partial charge >= 0.3 is 0 Å². The van der Waals surface area contributed by atoms with E-state index in [1.165, 1.54) is 12.1 Å². The van der Waals surface area contributed by atoms with Crippen LogP contribution in [0.25, 0.3) is 87.7 Å². The van der Waals surface area contributed by atoms with Gasteiger partial charge in [-0.1, -0.05) is 133 Å². The molecule has 12 rings (SSSR count). The lowest BCUT2D eigenvalue weighted by molar-refractivity contribution is 0.102. The molecule has 0 spiro atoms. The molecule has 2 aromatic heterocycles. The van der Waals surface area contributed by atoms with Gasteiger partial charge in [-0.15, -0.1) is 0 Å². The molecule has 0 bridgehead atoms. The van der Waals surface area contributed by atoms with Crippen molar-refractivity contribution in [3.05, 3.63) is 249 Å². The SMILES string of the molecule is O=C(c1cc(-c2cccc3ccccc23)c2oc3ccccc3c(=O)c2c1)c1ccccc1O.O=C(c1cc(-c2cccc3ccccc23)c2oc3ccccc3c(=O)c2c1)c1ccccc1O. The molecule has 0 saturated heterocycles. The minimum Gasteiger partial charge on any atom is -0.507 e. The molecule has 0 unspecified atom stereocenters. The van der Waals surface area contributed by atoms with Crippen molar-refractivity contribution in [2.24, 2.45) is 0 Å². The largest absolute Gasteiger partial charge is 0.507 e. The zero-order valence-electron chi connectivity index (χ0n) is 36.0. The number of para-hydroxylation sites is 4. The number of hydrogen-bond acceptors (Lipinski definition) is 8.